The van der Waals surface area contributed by atoms with Crippen LogP contribution in [0.4, 0.5) is 5.82 Å². The Kier molecular flexibility index (Phi) is 6.52. The van der Waals surface area contributed by atoms with Crippen LogP contribution in [-0.2, 0) is 11.3 Å². The highest BCUT2D eigenvalue weighted by Crippen LogP contribution is 2.37. The van der Waals surface area contributed by atoms with Gasteiger partial charge in [-0.15, -0.1) is 11.3 Å². The second-order valence-electron chi connectivity index (χ2n) is 7.62. The molecule has 0 spiro atoms. The molecule has 0 N–H and O–H groups in total. The van der Waals surface area contributed by atoms with Gasteiger partial charge in [0.15, 0.2) is 0 Å². The minimum Gasteiger partial charge on any atom is -0.462 e. The van der Waals surface area contributed by atoms with E-state index in [1.807, 2.05) is 27.9 Å². The number of nitrogens with zero attached hydrogens (tertiary/aromatic N) is 5. The molecule has 1 unspecified atom stereocenters. The molecule has 2 aromatic heterocycles. The van der Waals surface area contributed by atoms with Gasteiger partial charge in [0.2, 0.25) is 0 Å². The van der Waals surface area contributed by atoms with E-state index in [4.69, 9.17) is 14.7 Å². The summed E-state index contributed by atoms with van der Waals surface area (Å²) in [6.45, 7) is 9.98. The Morgan fingerprint density at radius 1 is 1.29 bits per heavy atom. The first-order valence-electron chi connectivity index (χ1n) is 9.92. The van der Waals surface area contributed by atoms with Crippen LogP contribution in [0, 0.1) is 6.92 Å². The van der Waals surface area contributed by atoms with Crippen LogP contribution in [0.2, 0.25) is 0 Å². The Labute approximate surface area is 171 Å². The average molecular weight is 406 g/mol. The van der Waals surface area contributed by atoms with Gasteiger partial charge < -0.3 is 19.4 Å². The Bertz CT molecular complexity index is 851. The first kappa shape index (κ1) is 21.0. The molecular formula is C20H31N5O2S. The van der Waals surface area contributed by atoms with Crippen molar-refractivity contribution < 1.29 is 9.53 Å². The number of hydrogen-bond donors (Lipinski definition) is 0. The summed E-state index contributed by atoms with van der Waals surface area (Å²) < 4.78 is 5.26. The van der Waals surface area contributed by atoms with Crippen LogP contribution >= 0.6 is 11.3 Å². The first-order valence-corrected chi connectivity index (χ1v) is 10.7. The predicted octanol–water partition coefficient (Wildman–Crippen LogP) is 2.77. The van der Waals surface area contributed by atoms with Crippen molar-refractivity contribution in [3.05, 3.63) is 16.3 Å². The average Bonchev–Trinajstić information content (AvgIpc) is 3.25. The van der Waals surface area contributed by atoms with Crippen LogP contribution in [-0.4, -0.2) is 79.2 Å². The van der Waals surface area contributed by atoms with E-state index in [1.54, 1.807) is 0 Å². The maximum atomic E-state index is 12.4. The number of likely N-dealkylation sites (N-methyl/N-ethyl adjacent to an activating group) is 1. The van der Waals surface area contributed by atoms with Crippen LogP contribution in [0.3, 0.4) is 0 Å². The van der Waals surface area contributed by atoms with E-state index in [2.05, 4.69) is 28.7 Å². The van der Waals surface area contributed by atoms with Crippen molar-refractivity contribution >= 4 is 33.3 Å². The Morgan fingerprint density at radius 3 is 2.68 bits per heavy atom. The maximum absolute atomic E-state index is 12.4. The van der Waals surface area contributed by atoms with Gasteiger partial charge in [-0.1, -0.05) is 6.92 Å². The Hall–Kier alpha value is -1.77. The molecule has 1 atom stereocenters. The van der Waals surface area contributed by atoms with Crippen molar-refractivity contribution in [2.45, 2.75) is 39.8 Å². The molecule has 154 valence electrons. The summed E-state index contributed by atoms with van der Waals surface area (Å²) in [5.41, 5.74) is 0.928. The molecule has 7 nitrogen and oxygen atoms in total. The molecule has 0 saturated carbocycles. The molecule has 1 fully saturated rings. The number of carbonyl (C=O) groups excluding carboxylic acids is 1. The van der Waals surface area contributed by atoms with E-state index in [1.165, 1.54) is 11.3 Å². The Morgan fingerprint density at radius 2 is 2.04 bits per heavy atom. The summed E-state index contributed by atoms with van der Waals surface area (Å²) in [6.07, 6.45) is 1.12. The topological polar surface area (TPSA) is 61.8 Å². The summed E-state index contributed by atoms with van der Waals surface area (Å²) in [5.74, 6) is 1.47. The molecule has 0 aromatic carbocycles. The fourth-order valence-electron chi connectivity index (χ4n) is 3.69. The van der Waals surface area contributed by atoms with Crippen molar-refractivity contribution in [3.63, 3.8) is 0 Å². The van der Waals surface area contributed by atoms with Crippen molar-refractivity contribution in [1.29, 1.82) is 0 Å². The summed E-state index contributed by atoms with van der Waals surface area (Å²) >= 11 is 1.42. The van der Waals surface area contributed by atoms with Crippen LogP contribution < -0.4 is 4.90 Å². The van der Waals surface area contributed by atoms with Gasteiger partial charge in [-0.25, -0.2) is 14.8 Å². The molecule has 1 saturated heterocycles. The van der Waals surface area contributed by atoms with Gasteiger partial charge in [-0.3, -0.25) is 0 Å². The number of carbonyl (C=O) groups is 1. The van der Waals surface area contributed by atoms with E-state index in [0.29, 0.717) is 24.1 Å². The van der Waals surface area contributed by atoms with Gasteiger partial charge in [0, 0.05) is 19.1 Å². The van der Waals surface area contributed by atoms with Gasteiger partial charge in [-0.05, 0) is 53.5 Å². The van der Waals surface area contributed by atoms with E-state index < -0.39 is 0 Å². The van der Waals surface area contributed by atoms with Crippen molar-refractivity contribution in [2.75, 3.05) is 52.3 Å². The lowest BCUT2D eigenvalue weighted by molar-refractivity contribution is 0.0531. The van der Waals surface area contributed by atoms with Gasteiger partial charge in [0.25, 0.3) is 0 Å². The molecule has 0 aliphatic carbocycles. The zero-order valence-electron chi connectivity index (χ0n) is 17.8. The van der Waals surface area contributed by atoms with E-state index in [-0.39, 0.29) is 5.97 Å². The molecule has 0 bridgehead atoms. The fourth-order valence-corrected chi connectivity index (χ4v) is 4.77. The lowest BCUT2D eigenvalue weighted by Crippen LogP contribution is -2.34. The third kappa shape index (κ3) is 4.14. The number of fused-ring (bicyclic) bond motifs is 1. The van der Waals surface area contributed by atoms with Gasteiger partial charge in [-0.2, -0.15) is 0 Å². The van der Waals surface area contributed by atoms with Crippen LogP contribution in [0.1, 0.15) is 41.3 Å². The number of ether oxygens (including phenoxy) is 1. The molecule has 2 aromatic rings. The number of esters is 1. The van der Waals surface area contributed by atoms with Crippen LogP contribution in [0.25, 0.3) is 10.2 Å². The standard InChI is InChI=1S/C20H31N5O2S/c1-7-24(6)14-9-10-25(11-14)18-16-13(3)17(20(26)27-8-2)28-19(16)22-15(21-18)12-23(4)5/h14H,7-12H2,1-6H3. The predicted molar refractivity (Wildman–Crippen MR) is 114 cm³/mol. The normalized spacial score (nSPS) is 17.3. The number of hydrogen-bond acceptors (Lipinski definition) is 8. The van der Waals surface area contributed by atoms with Gasteiger partial charge >= 0.3 is 5.97 Å². The van der Waals surface area contributed by atoms with Gasteiger partial charge in [0.05, 0.1) is 18.5 Å². The van der Waals surface area contributed by atoms with Gasteiger partial charge in [0.1, 0.15) is 21.3 Å². The molecule has 3 heterocycles. The van der Waals surface area contributed by atoms with Crippen LogP contribution in [0.15, 0.2) is 0 Å². The zero-order chi connectivity index (χ0) is 20.4. The molecule has 8 heteroatoms. The largest absolute Gasteiger partial charge is 0.462 e. The number of aromatic nitrogens is 2. The number of thiophene rings is 1. The number of aryl methyl sites for hydroxylation is 1. The molecule has 1 aliphatic heterocycles. The molecule has 28 heavy (non-hydrogen) atoms. The summed E-state index contributed by atoms with van der Waals surface area (Å²) in [5, 5.41) is 0.996. The van der Waals surface area contributed by atoms with E-state index in [9.17, 15) is 4.79 Å². The molecule has 0 amide bonds. The summed E-state index contributed by atoms with van der Waals surface area (Å²) in [6, 6.07) is 0.524. The highest BCUT2D eigenvalue weighted by Gasteiger charge is 2.30. The summed E-state index contributed by atoms with van der Waals surface area (Å²) in [4.78, 5) is 30.4. The third-order valence-electron chi connectivity index (χ3n) is 5.32. The minimum atomic E-state index is -0.270. The van der Waals surface area contributed by atoms with Crippen LogP contribution in [0.5, 0.6) is 0 Å². The zero-order valence-corrected chi connectivity index (χ0v) is 18.6. The van der Waals surface area contributed by atoms with E-state index in [0.717, 1.165) is 53.5 Å². The van der Waals surface area contributed by atoms with Crippen molar-refractivity contribution in [1.82, 2.24) is 19.8 Å². The number of anilines is 1. The van der Waals surface area contributed by atoms with Crippen molar-refractivity contribution in [2.24, 2.45) is 0 Å². The molecular weight excluding hydrogens is 374 g/mol. The first-order chi connectivity index (χ1) is 13.3. The maximum Gasteiger partial charge on any atom is 0.348 e. The molecule has 3 rings (SSSR count). The summed E-state index contributed by atoms with van der Waals surface area (Å²) in [7, 11) is 6.20. The fraction of sp³-hybridized carbons (Fsp3) is 0.650. The van der Waals surface area contributed by atoms with Crippen molar-refractivity contribution in [3.8, 4) is 0 Å². The molecule has 0 radical (unpaired) electrons. The smallest absolute Gasteiger partial charge is 0.348 e. The highest BCUT2D eigenvalue weighted by atomic mass is 32.1. The monoisotopic (exact) mass is 405 g/mol. The second-order valence-corrected chi connectivity index (χ2v) is 8.62. The Balaban J connectivity index is 2.07. The lowest BCUT2D eigenvalue weighted by atomic mass is 10.2. The highest BCUT2D eigenvalue weighted by molar-refractivity contribution is 7.20. The lowest BCUT2D eigenvalue weighted by Gasteiger charge is -2.24. The second kappa shape index (κ2) is 8.71. The SMILES string of the molecule is CCOC(=O)c1sc2nc(CN(C)C)nc(N3CCC(N(C)CC)C3)c2c1C. The van der Waals surface area contributed by atoms with E-state index >= 15 is 0 Å². The number of rotatable bonds is 7. The minimum absolute atomic E-state index is 0.270. The molecule has 1 aliphatic rings. The quantitative estimate of drug-likeness (QED) is 0.657. The third-order valence-corrected chi connectivity index (χ3v) is 6.49.